The summed E-state index contributed by atoms with van der Waals surface area (Å²) in [5.41, 5.74) is 5.92. The van der Waals surface area contributed by atoms with Gasteiger partial charge in [0.2, 0.25) is 0 Å². The van der Waals surface area contributed by atoms with Gasteiger partial charge < -0.3 is 5.32 Å². The SMILES string of the molecule is CCCNC(C1=CCCC1)c1c(C)cccc1C. The highest BCUT2D eigenvalue weighted by molar-refractivity contribution is 5.41. The molecule has 0 heterocycles. The van der Waals surface area contributed by atoms with E-state index in [-0.39, 0.29) is 0 Å². The fourth-order valence-corrected chi connectivity index (χ4v) is 2.95. The summed E-state index contributed by atoms with van der Waals surface area (Å²) in [7, 11) is 0. The zero-order valence-electron chi connectivity index (χ0n) is 11.9. The van der Waals surface area contributed by atoms with Gasteiger partial charge in [-0.05, 0) is 62.8 Å². The van der Waals surface area contributed by atoms with Gasteiger partial charge in [0.15, 0.2) is 0 Å². The summed E-state index contributed by atoms with van der Waals surface area (Å²) in [6.45, 7) is 7.80. The second-order valence-corrected chi connectivity index (χ2v) is 5.36. The number of rotatable bonds is 5. The topological polar surface area (TPSA) is 12.0 Å². The van der Waals surface area contributed by atoms with Crippen molar-refractivity contribution in [2.24, 2.45) is 0 Å². The molecule has 1 N–H and O–H groups in total. The van der Waals surface area contributed by atoms with Crippen molar-refractivity contribution in [3.8, 4) is 0 Å². The largest absolute Gasteiger partial charge is 0.307 e. The minimum absolute atomic E-state index is 0.439. The van der Waals surface area contributed by atoms with E-state index in [0.29, 0.717) is 6.04 Å². The van der Waals surface area contributed by atoms with Crippen molar-refractivity contribution in [2.45, 2.75) is 52.5 Å². The Morgan fingerprint density at radius 3 is 2.50 bits per heavy atom. The first kappa shape index (κ1) is 13.4. The number of hydrogen-bond acceptors (Lipinski definition) is 1. The number of benzene rings is 1. The molecule has 1 nitrogen and oxygen atoms in total. The number of nitrogens with one attached hydrogen (secondary N) is 1. The number of allylic oxidation sites excluding steroid dienone is 1. The third-order valence-corrected chi connectivity index (χ3v) is 3.88. The molecule has 1 aromatic carbocycles. The normalized spacial score (nSPS) is 16.7. The summed E-state index contributed by atoms with van der Waals surface area (Å²) in [4.78, 5) is 0. The van der Waals surface area contributed by atoms with Crippen LogP contribution in [0.5, 0.6) is 0 Å². The van der Waals surface area contributed by atoms with Gasteiger partial charge in [0.05, 0.1) is 6.04 Å². The Morgan fingerprint density at radius 1 is 1.22 bits per heavy atom. The van der Waals surface area contributed by atoms with Crippen LogP contribution in [0.25, 0.3) is 0 Å². The fourth-order valence-electron chi connectivity index (χ4n) is 2.95. The Morgan fingerprint density at radius 2 is 1.94 bits per heavy atom. The van der Waals surface area contributed by atoms with E-state index < -0.39 is 0 Å². The molecule has 0 spiro atoms. The first-order valence-electron chi connectivity index (χ1n) is 7.22. The van der Waals surface area contributed by atoms with E-state index >= 15 is 0 Å². The maximum atomic E-state index is 3.74. The Balaban J connectivity index is 2.33. The smallest absolute Gasteiger partial charge is 0.0541 e. The summed E-state index contributed by atoms with van der Waals surface area (Å²) in [5, 5.41) is 3.74. The van der Waals surface area contributed by atoms with Gasteiger partial charge in [-0.2, -0.15) is 0 Å². The molecular formula is C17H25N. The molecular weight excluding hydrogens is 218 g/mol. The molecule has 1 aliphatic rings. The van der Waals surface area contributed by atoms with Crippen LogP contribution in [0, 0.1) is 13.8 Å². The van der Waals surface area contributed by atoms with Crippen LogP contribution in [-0.4, -0.2) is 6.54 Å². The van der Waals surface area contributed by atoms with E-state index in [0.717, 1.165) is 6.54 Å². The van der Waals surface area contributed by atoms with Gasteiger partial charge in [-0.3, -0.25) is 0 Å². The summed E-state index contributed by atoms with van der Waals surface area (Å²) >= 11 is 0. The van der Waals surface area contributed by atoms with Crippen LogP contribution < -0.4 is 5.32 Å². The predicted octanol–water partition coefficient (Wildman–Crippen LogP) is 4.45. The van der Waals surface area contributed by atoms with Crippen molar-refractivity contribution < 1.29 is 0 Å². The zero-order chi connectivity index (χ0) is 13.0. The van der Waals surface area contributed by atoms with Crippen LogP contribution in [-0.2, 0) is 0 Å². The maximum Gasteiger partial charge on any atom is 0.0541 e. The number of hydrogen-bond donors (Lipinski definition) is 1. The zero-order valence-corrected chi connectivity index (χ0v) is 11.9. The lowest BCUT2D eigenvalue weighted by molar-refractivity contribution is 0.574. The fraction of sp³-hybridized carbons (Fsp3) is 0.529. The predicted molar refractivity (Wildman–Crippen MR) is 78.9 cm³/mol. The average molecular weight is 243 g/mol. The molecule has 0 fully saturated rings. The minimum Gasteiger partial charge on any atom is -0.307 e. The van der Waals surface area contributed by atoms with Gasteiger partial charge >= 0.3 is 0 Å². The Hall–Kier alpha value is -1.08. The number of aryl methyl sites for hydroxylation is 2. The summed E-state index contributed by atoms with van der Waals surface area (Å²) < 4.78 is 0. The molecule has 18 heavy (non-hydrogen) atoms. The molecule has 0 aliphatic heterocycles. The van der Waals surface area contributed by atoms with E-state index in [1.165, 1.54) is 42.4 Å². The van der Waals surface area contributed by atoms with Crippen molar-refractivity contribution in [3.63, 3.8) is 0 Å². The molecule has 98 valence electrons. The molecule has 0 saturated carbocycles. The summed E-state index contributed by atoms with van der Waals surface area (Å²) in [6, 6.07) is 7.07. The molecule has 1 aromatic rings. The molecule has 1 unspecified atom stereocenters. The van der Waals surface area contributed by atoms with Gasteiger partial charge in [0.25, 0.3) is 0 Å². The Bertz CT molecular complexity index is 411. The van der Waals surface area contributed by atoms with Crippen LogP contribution >= 0.6 is 0 Å². The Labute approximate surface area is 111 Å². The lowest BCUT2D eigenvalue weighted by atomic mass is 9.90. The van der Waals surface area contributed by atoms with Gasteiger partial charge in [0.1, 0.15) is 0 Å². The molecule has 0 radical (unpaired) electrons. The van der Waals surface area contributed by atoms with Crippen LogP contribution in [0.1, 0.15) is 55.3 Å². The molecule has 1 heteroatoms. The van der Waals surface area contributed by atoms with E-state index in [9.17, 15) is 0 Å². The van der Waals surface area contributed by atoms with Crippen LogP contribution in [0.4, 0.5) is 0 Å². The van der Waals surface area contributed by atoms with Crippen LogP contribution in [0.3, 0.4) is 0 Å². The molecule has 1 aliphatic carbocycles. The van der Waals surface area contributed by atoms with Gasteiger partial charge in [-0.15, -0.1) is 0 Å². The van der Waals surface area contributed by atoms with Crippen molar-refractivity contribution in [1.82, 2.24) is 5.32 Å². The van der Waals surface area contributed by atoms with Gasteiger partial charge in [-0.1, -0.05) is 36.8 Å². The van der Waals surface area contributed by atoms with Gasteiger partial charge in [-0.25, -0.2) is 0 Å². The van der Waals surface area contributed by atoms with Crippen molar-refractivity contribution in [3.05, 3.63) is 46.5 Å². The summed E-state index contributed by atoms with van der Waals surface area (Å²) in [6.07, 6.45) is 7.47. The van der Waals surface area contributed by atoms with Gasteiger partial charge in [0, 0.05) is 0 Å². The summed E-state index contributed by atoms with van der Waals surface area (Å²) in [5.74, 6) is 0. The quantitative estimate of drug-likeness (QED) is 0.753. The van der Waals surface area contributed by atoms with E-state index in [2.05, 4.69) is 50.4 Å². The average Bonchev–Trinajstić information content (AvgIpc) is 2.86. The van der Waals surface area contributed by atoms with Crippen molar-refractivity contribution in [2.75, 3.05) is 6.54 Å². The second kappa shape index (κ2) is 6.19. The lowest BCUT2D eigenvalue weighted by Crippen LogP contribution is -2.25. The third kappa shape index (κ3) is 2.84. The first-order valence-corrected chi connectivity index (χ1v) is 7.22. The molecule has 0 saturated heterocycles. The molecule has 0 aromatic heterocycles. The van der Waals surface area contributed by atoms with E-state index in [1.807, 2.05) is 0 Å². The maximum absolute atomic E-state index is 3.74. The lowest BCUT2D eigenvalue weighted by Gasteiger charge is -2.24. The van der Waals surface area contributed by atoms with Crippen molar-refractivity contribution in [1.29, 1.82) is 0 Å². The standard InChI is InChI=1S/C17H25N/c1-4-12-18-17(15-10-5-6-11-15)16-13(2)8-7-9-14(16)3/h7-10,17-18H,4-6,11-12H2,1-3H3. The third-order valence-electron chi connectivity index (χ3n) is 3.88. The van der Waals surface area contributed by atoms with Crippen LogP contribution in [0.15, 0.2) is 29.8 Å². The molecule has 1 atom stereocenters. The Kier molecular flexibility index (Phi) is 4.60. The monoisotopic (exact) mass is 243 g/mol. The highest BCUT2D eigenvalue weighted by Gasteiger charge is 2.21. The molecule has 0 bridgehead atoms. The second-order valence-electron chi connectivity index (χ2n) is 5.36. The highest BCUT2D eigenvalue weighted by Crippen LogP contribution is 2.33. The van der Waals surface area contributed by atoms with E-state index in [1.54, 1.807) is 5.57 Å². The van der Waals surface area contributed by atoms with Crippen molar-refractivity contribution >= 4 is 0 Å². The van der Waals surface area contributed by atoms with E-state index in [4.69, 9.17) is 0 Å². The van der Waals surface area contributed by atoms with Crippen LogP contribution in [0.2, 0.25) is 0 Å². The minimum atomic E-state index is 0.439. The first-order chi connectivity index (χ1) is 8.74. The highest BCUT2D eigenvalue weighted by atomic mass is 14.9. The molecule has 2 rings (SSSR count). The molecule has 0 amide bonds.